The van der Waals surface area contributed by atoms with Crippen LogP contribution in [0.25, 0.3) is 0 Å². The summed E-state index contributed by atoms with van der Waals surface area (Å²) < 4.78 is 0. The molecule has 0 aliphatic carbocycles. The van der Waals surface area contributed by atoms with Gasteiger partial charge in [-0.2, -0.15) is 0 Å². The van der Waals surface area contributed by atoms with Crippen LogP contribution in [0.5, 0.6) is 0 Å². The molecule has 0 saturated heterocycles. The first-order chi connectivity index (χ1) is 4.57. The van der Waals surface area contributed by atoms with Gasteiger partial charge in [-0.15, -0.1) is 23.2 Å². The molecule has 2 N–H and O–H groups in total. The average molecular weight is 187 g/mol. The van der Waals surface area contributed by atoms with E-state index in [0.29, 0.717) is 6.42 Å². The summed E-state index contributed by atoms with van der Waals surface area (Å²) in [7, 11) is 0. The molecule has 0 aliphatic heterocycles. The summed E-state index contributed by atoms with van der Waals surface area (Å²) in [6.07, 6.45) is -0.473. The molecule has 0 saturated carbocycles. The zero-order valence-corrected chi connectivity index (χ0v) is 7.31. The van der Waals surface area contributed by atoms with E-state index < -0.39 is 17.0 Å². The van der Waals surface area contributed by atoms with E-state index >= 15 is 0 Å². The molecule has 2 nitrogen and oxygen atoms in total. The first-order valence-electron chi connectivity index (χ1n) is 3.22. The summed E-state index contributed by atoms with van der Waals surface area (Å²) in [5.74, 6) is 0. The molecule has 0 bridgehead atoms. The third-order valence-corrected chi connectivity index (χ3v) is 1.86. The first kappa shape index (κ1) is 10.5. The molecule has 10 heavy (non-hydrogen) atoms. The average Bonchev–Trinajstić information content (AvgIpc) is 1.87. The fourth-order valence-electron chi connectivity index (χ4n) is 0.548. The van der Waals surface area contributed by atoms with E-state index in [1.54, 1.807) is 0 Å². The van der Waals surface area contributed by atoms with Crippen molar-refractivity contribution in [3.8, 4) is 0 Å². The highest BCUT2D eigenvalue weighted by Crippen LogP contribution is 2.13. The van der Waals surface area contributed by atoms with E-state index in [0.717, 1.165) is 0 Å². The number of halogens is 2. The van der Waals surface area contributed by atoms with E-state index in [2.05, 4.69) is 0 Å². The number of aliphatic hydroxyl groups is 2. The van der Waals surface area contributed by atoms with Gasteiger partial charge in [-0.05, 0) is 6.42 Å². The summed E-state index contributed by atoms with van der Waals surface area (Å²) in [5.41, 5.74) is 0. The maximum absolute atomic E-state index is 9.00. The Kier molecular flexibility index (Phi) is 5.45. The molecule has 0 fully saturated rings. The lowest BCUT2D eigenvalue weighted by molar-refractivity contribution is 0.0854. The Morgan fingerprint density at radius 3 is 2.10 bits per heavy atom. The molecule has 0 aliphatic rings. The summed E-state index contributed by atoms with van der Waals surface area (Å²) in [6.45, 7) is 1.83. The van der Waals surface area contributed by atoms with Gasteiger partial charge in [-0.3, -0.25) is 0 Å². The van der Waals surface area contributed by atoms with Crippen LogP contribution in [0.2, 0.25) is 0 Å². The van der Waals surface area contributed by atoms with Gasteiger partial charge in [0, 0.05) is 6.42 Å². The van der Waals surface area contributed by atoms with Gasteiger partial charge in [0.2, 0.25) is 0 Å². The fraction of sp³-hybridized carbons (Fsp3) is 1.00. The third-order valence-electron chi connectivity index (χ3n) is 1.28. The number of aliphatic hydroxyl groups excluding tert-OH is 2. The second-order valence-electron chi connectivity index (χ2n) is 2.20. The first-order valence-corrected chi connectivity index (χ1v) is 4.09. The van der Waals surface area contributed by atoms with E-state index in [4.69, 9.17) is 33.4 Å². The maximum atomic E-state index is 9.00. The van der Waals surface area contributed by atoms with Crippen molar-refractivity contribution >= 4 is 23.2 Å². The predicted octanol–water partition coefficient (Wildman–Crippen LogP) is 1.31. The van der Waals surface area contributed by atoms with E-state index in [1.165, 1.54) is 0 Å². The van der Waals surface area contributed by atoms with Crippen molar-refractivity contribution in [1.29, 1.82) is 0 Å². The van der Waals surface area contributed by atoms with Crippen molar-refractivity contribution in [2.45, 2.75) is 36.8 Å². The van der Waals surface area contributed by atoms with Gasteiger partial charge < -0.3 is 10.2 Å². The van der Waals surface area contributed by atoms with Crippen LogP contribution in [-0.4, -0.2) is 27.3 Å². The monoisotopic (exact) mass is 186 g/mol. The summed E-state index contributed by atoms with van der Waals surface area (Å²) in [6, 6.07) is 0. The molecule has 4 heteroatoms. The highest BCUT2D eigenvalue weighted by molar-refractivity contribution is 6.44. The predicted molar refractivity (Wildman–Crippen MR) is 42.4 cm³/mol. The Bertz CT molecular complexity index is 87.8. The Balaban J connectivity index is 3.46. The summed E-state index contributed by atoms with van der Waals surface area (Å²) in [5, 5.41) is 18.0. The lowest BCUT2D eigenvalue weighted by Gasteiger charge is -2.14. The van der Waals surface area contributed by atoms with Gasteiger partial charge in [-0.25, -0.2) is 0 Å². The molecule has 0 radical (unpaired) electrons. The standard InChI is InChI=1S/C6H12Cl2O2/c1-2-4(9)3-5(10)6(7)8/h4-6,9-10H,2-3H2,1H3. The Labute approximate surface area is 70.8 Å². The van der Waals surface area contributed by atoms with Crippen molar-refractivity contribution in [2.75, 3.05) is 0 Å². The van der Waals surface area contributed by atoms with Gasteiger partial charge in [0.25, 0.3) is 0 Å². The molecule has 0 rings (SSSR count). The quantitative estimate of drug-likeness (QED) is 0.651. The van der Waals surface area contributed by atoms with E-state index in [9.17, 15) is 0 Å². The van der Waals surface area contributed by atoms with Crippen LogP contribution >= 0.6 is 23.2 Å². The topological polar surface area (TPSA) is 40.5 Å². The van der Waals surface area contributed by atoms with Crippen LogP contribution in [0.1, 0.15) is 19.8 Å². The molecule has 0 spiro atoms. The second kappa shape index (κ2) is 5.19. The van der Waals surface area contributed by atoms with Crippen molar-refractivity contribution in [1.82, 2.24) is 0 Å². The minimum atomic E-state index is -0.821. The van der Waals surface area contributed by atoms with Gasteiger partial charge >= 0.3 is 0 Å². The highest BCUT2D eigenvalue weighted by Gasteiger charge is 2.16. The molecular formula is C6H12Cl2O2. The van der Waals surface area contributed by atoms with Crippen molar-refractivity contribution in [3.63, 3.8) is 0 Å². The number of hydrogen-bond acceptors (Lipinski definition) is 2. The smallest absolute Gasteiger partial charge is 0.133 e. The molecular weight excluding hydrogens is 175 g/mol. The van der Waals surface area contributed by atoms with Crippen LogP contribution in [0.3, 0.4) is 0 Å². The molecule has 0 aromatic carbocycles. The summed E-state index contributed by atoms with van der Waals surface area (Å²) >= 11 is 10.7. The van der Waals surface area contributed by atoms with Crippen LogP contribution in [-0.2, 0) is 0 Å². The lowest BCUT2D eigenvalue weighted by atomic mass is 10.1. The molecule has 2 atom stereocenters. The highest BCUT2D eigenvalue weighted by atomic mass is 35.5. The normalized spacial score (nSPS) is 17.4. The van der Waals surface area contributed by atoms with Crippen LogP contribution in [0.15, 0.2) is 0 Å². The summed E-state index contributed by atoms with van der Waals surface area (Å²) in [4.78, 5) is -0.804. The minimum absolute atomic E-state index is 0.244. The van der Waals surface area contributed by atoms with Crippen LogP contribution < -0.4 is 0 Å². The molecule has 0 aromatic rings. The van der Waals surface area contributed by atoms with Gasteiger partial charge in [0.1, 0.15) is 4.84 Å². The van der Waals surface area contributed by atoms with Gasteiger partial charge in [-0.1, -0.05) is 6.92 Å². The second-order valence-corrected chi connectivity index (χ2v) is 3.36. The molecule has 2 unspecified atom stereocenters. The van der Waals surface area contributed by atoms with Gasteiger partial charge in [0.15, 0.2) is 0 Å². The Morgan fingerprint density at radius 1 is 1.30 bits per heavy atom. The molecule has 62 valence electrons. The van der Waals surface area contributed by atoms with Gasteiger partial charge in [0.05, 0.1) is 12.2 Å². The Hall–Kier alpha value is 0.500. The van der Waals surface area contributed by atoms with Crippen LogP contribution in [0.4, 0.5) is 0 Å². The number of hydrogen-bond donors (Lipinski definition) is 2. The van der Waals surface area contributed by atoms with E-state index in [1.807, 2.05) is 6.92 Å². The maximum Gasteiger partial charge on any atom is 0.133 e. The number of rotatable bonds is 4. The van der Waals surface area contributed by atoms with Crippen molar-refractivity contribution in [2.24, 2.45) is 0 Å². The number of alkyl halides is 2. The van der Waals surface area contributed by atoms with E-state index in [-0.39, 0.29) is 6.42 Å². The molecule has 0 aromatic heterocycles. The Morgan fingerprint density at radius 2 is 1.80 bits per heavy atom. The zero-order valence-electron chi connectivity index (χ0n) is 5.80. The fourth-order valence-corrected chi connectivity index (χ4v) is 0.754. The largest absolute Gasteiger partial charge is 0.393 e. The zero-order chi connectivity index (χ0) is 8.15. The SMILES string of the molecule is CCC(O)CC(O)C(Cl)Cl. The molecule has 0 amide bonds. The van der Waals surface area contributed by atoms with Crippen molar-refractivity contribution in [3.05, 3.63) is 0 Å². The van der Waals surface area contributed by atoms with Crippen molar-refractivity contribution < 1.29 is 10.2 Å². The minimum Gasteiger partial charge on any atom is -0.393 e. The lowest BCUT2D eigenvalue weighted by Crippen LogP contribution is -2.22. The van der Waals surface area contributed by atoms with Crippen LogP contribution in [0, 0.1) is 0 Å². The molecule has 0 heterocycles. The third kappa shape index (κ3) is 4.34.